The van der Waals surface area contributed by atoms with Gasteiger partial charge >= 0.3 is 0 Å². The molecule has 4 heteroatoms. The predicted molar refractivity (Wildman–Crippen MR) is 57.4 cm³/mol. The van der Waals surface area contributed by atoms with Crippen molar-refractivity contribution in [1.29, 1.82) is 0 Å². The van der Waals surface area contributed by atoms with Crippen molar-refractivity contribution >= 4 is 0 Å². The van der Waals surface area contributed by atoms with E-state index < -0.39 is 0 Å². The van der Waals surface area contributed by atoms with Crippen LogP contribution >= 0.6 is 0 Å². The van der Waals surface area contributed by atoms with E-state index in [9.17, 15) is 0 Å². The van der Waals surface area contributed by atoms with Crippen LogP contribution in [0.25, 0.3) is 0 Å². The van der Waals surface area contributed by atoms with Crippen molar-refractivity contribution in [3.05, 3.63) is 23.8 Å². The summed E-state index contributed by atoms with van der Waals surface area (Å²) >= 11 is 0. The highest BCUT2D eigenvalue weighted by Crippen LogP contribution is 2.29. The molecule has 0 aliphatic carbocycles. The van der Waals surface area contributed by atoms with Crippen molar-refractivity contribution in [1.82, 2.24) is 14.9 Å². The summed E-state index contributed by atoms with van der Waals surface area (Å²) in [6, 6.07) is 0.351. The normalized spacial score (nSPS) is 22.1. The highest BCUT2D eigenvalue weighted by atomic mass is 16.3. The average molecular weight is 207 g/mol. The van der Waals surface area contributed by atoms with Crippen molar-refractivity contribution in [2.45, 2.75) is 25.8 Å². The molecule has 0 bridgehead atoms. The number of hydrogen-bond acceptors (Lipinski definition) is 4. The second kappa shape index (κ2) is 4.68. The van der Waals surface area contributed by atoms with Crippen LogP contribution in [0.2, 0.25) is 0 Å². The first-order valence-electron chi connectivity index (χ1n) is 5.44. The van der Waals surface area contributed by atoms with Gasteiger partial charge in [-0.1, -0.05) is 0 Å². The van der Waals surface area contributed by atoms with Gasteiger partial charge in [0.05, 0.1) is 24.0 Å². The molecule has 1 fully saturated rings. The van der Waals surface area contributed by atoms with E-state index in [4.69, 9.17) is 5.11 Å². The first-order chi connectivity index (χ1) is 7.31. The topological polar surface area (TPSA) is 49.2 Å². The van der Waals surface area contributed by atoms with E-state index in [1.54, 1.807) is 6.20 Å². The van der Waals surface area contributed by atoms with Crippen LogP contribution in [0.15, 0.2) is 12.4 Å². The van der Waals surface area contributed by atoms with E-state index in [-0.39, 0.29) is 6.61 Å². The molecule has 0 saturated carbocycles. The Morgan fingerprint density at radius 2 is 2.40 bits per heavy atom. The van der Waals surface area contributed by atoms with E-state index in [0.29, 0.717) is 6.04 Å². The Kier molecular flexibility index (Phi) is 3.28. The smallest absolute Gasteiger partial charge is 0.0761 e. The molecule has 2 heterocycles. The lowest BCUT2D eigenvalue weighted by Gasteiger charge is -2.22. The van der Waals surface area contributed by atoms with Gasteiger partial charge in [-0.05, 0) is 26.3 Å². The van der Waals surface area contributed by atoms with Gasteiger partial charge in [0, 0.05) is 18.9 Å². The van der Waals surface area contributed by atoms with Gasteiger partial charge < -0.3 is 5.11 Å². The fraction of sp³-hybridized carbons (Fsp3) is 0.636. The van der Waals surface area contributed by atoms with Crippen molar-refractivity contribution in [3.63, 3.8) is 0 Å². The van der Waals surface area contributed by atoms with Crippen LogP contribution in [0.1, 0.15) is 30.3 Å². The molecule has 1 saturated heterocycles. The molecule has 1 N–H and O–H groups in total. The molecule has 15 heavy (non-hydrogen) atoms. The minimum Gasteiger partial charge on any atom is -0.395 e. The van der Waals surface area contributed by atoms with Gasteiger partial charge in [0.15, 0.2) is 0 Å². The molecule has 1 aromatic rings. The molecule has 0 amide bonds. The fourth-order valence-electron chi connectivity index (χ4n) is 2.20. The van der Waals surface area contributed by atoms with Crippen LogP contribution in [0.4, 0.5) is 0 Å². The van der Waals surface area contributed by atoms with Crippen LogP contribution in [0, 0.1) is 6.92 Å². The SMILES string of the molecule is Cc1cncc([C@@H]2CCCN2CCO)n1. The van der Waals surface area contributed by atoms with Crippen LogP contribution in [-0.4, -0.2) is 39.7 Å². The Morgan fingerprint density at radius 1 is 1.53 bits per heavy atom. The van der Waals surface area contributed by atoms with Gasteiger partial charge in [0.25, 0.3) is 0 Å². The molecule has 0 unspecified atom stereocenters. The van der Waals surface area contributed by atoms with E-state index in [0.717, 1.165) is 30.9 Å². The van der Waals surface area contributed by atoms with Crippen molar-refractivity contribution < 1.29 is 5.11 Å². The summed E-state index contributed by atoms with van der Waals surface area (Å²) in [5.74, 6) is 0. The number of likely N-dealkylation sites (tertiary alicyclic amines) is 1. The molecule has 1 aliphatic heterocycles. The second-order valence-electron chi connectivity index (χ2n) is 4.00. The summed E-state index contributed by atoms with van der Waals surface area (Å²) < 4.78 is 0. The number of aromatic nitrogens is 2. The summed E-state index contributed by atoms with van der Waals surface area (Å²) in [7, 11) is 0. The maximum Gasteiger partial charge on any atom is 0.0761 e. The second-order valence-corrected chi connectivity index (χ2v) is 4.00. The Hall–Kier alpha value is -1.00. The molecule has 1 atom stereocenters. The largest absolute Gasteiger partial charge is 0.395 e. The van der Waals surface area contributed by atoms with Crippen LogP contribution in [0.5, 0.6) is 0 Å². The summed E-state index contributed by atoms with van der Waals surface area (Å²) in [6.45, 7) is 3.97. The van der Waals surface area contributed by atoms with Crippen molar-refractivity contribution in [3.8, 4) is 0 Å². The molecule has 2 rings (SSSR count). The number of rotatable bonds is 3. The molecular formula is C11H17N3O. The zero-order chi connectivity index (χ0) is 10.7. The predicted octanol–water partition coefficient (Wildman–Crippen LogP) is 0.914. The Bertz CT molecular complexity index is 329. The van der Waals surface area contributed by atoms with Gasteiger partial charge in [-0.15, -0.1) is 0 Å². The highest BCUT2D eigenvalue weighted by molar-refractivity contribution is 5.08. The van der Waals surface area contributed by atoms with Crippen LogP contribution in [0.3, 0.4) is 0 Å². The minimum atomic E-state index is 0.218. The third-order valence-electron chi connectivity index (χ3n) is 2.87. The molecule has 1 aliphatic rings. The minimum absolute atomic E-state index is 0.218. The molecule has 1 aromatic heterocycles. The van der Waals surface area contributed by atoms with E-state index >= 15 is 0 Å². The van der Waals surface area contributed by atoms with Crippen LogP contribution < -0.4 is 0 Å². The van der Waals surface area contributed by atoms with Crippen molar-refractivity contribution in [2.75, 3.05) is 19.7 Å². The molecule has 0 spiro atoms. The number of aryl methyl sites for hydroxylation is 1. The Labute approximate surface area is 90.0 Å². The third-order valence-corrected chi connectivity index (χ3v) is 2.87. The standard InChI is InChI=1S/C11H17N3O/c1-9-7-12-8-10(13-9)11-3-2-4-14(11)5-6-15/h7-8,11,15H,2-6H2,1H3/t11-/m0/s1. The van der Waals surface area contributed by atoms with Gasteiger partial charge in [-0.2, -0.15) is 0 Å². The maximum absolute atomic E-state index is 8.97. The van der Waals surface area contributed by atoms with E-state index in [1.165, 1.54) is 6.42 Å². The molecule has 0 radical (unpaired) electrons. The molecule has 0 aromatic carbocycles. The van der Waals surface area contributed by atoms with E-state index in [1.807, 2.05) is 13.1 Å². The summed E-state index contributed by atoms with van der Waals surface area (Å²) in [5, 5.41) is 8.97. The number of nitrogens with zero attached hydrogens (tertiary/aromatic N) is 3. The number of hydrogen-bond donors (Lipinski definition) is 1. The fourth-order valence-corrected chi connectivity index (χ4v) is 2.20. The summed E-state index contributed by atoms with van der Waals surface area (Å²) in [6.07, 6.45) is 5.92. The quantitative estimate of drug-likeness (QED) is 0.800. The summed E-state index contributed by atoms with van der Waals surface area (Å²) in [5.41, 5.74) is 2.00. The van der Waals surface area contributed by atoms with Gasteiger partial charge in [-0.3, -0.25) is 14.9 Å². The number of β-amino-alcohol motifs (C(OH)–C–C–N with tert-alkyl or cyclic N) is 1. The Morgan fingerprint density at radius 3 is 3.13 bits per heavy atom. The first-order valence-corrected chi connectivity index (χ1v) is 5.44. The van der Waals surface area contributed by atoms with Crippen LogP contribution in [-0.2, 0) is 0 Å². The lowest BCUT2D eigenvalue weighted by Crippen LogP contribution is -2.27. The average Bonchev–Trinajstić information content (AvgIpc) is 2.66. The lowest BCUT2D eigenvalue weighted by atomic mass is 10.1. The highest BCUT2D eigenvalue weighted by Gasteiger charge is 2.26. The first kappa shape index (κ1) is 10.5. The summed E-state index contributed by atoms with van der Waals surface area (Å²) in [4.78, 5) is 11.0. The van der Waals surface area contributed by atoms with Gasteiger partial charge in [0.2, 0.25) is 0 Å². The zero-order valence-corrected chi connectivity index (χ0v) is 9.06. The molecule has 4 nitrogen and oxygen atoms in total. The molecule has 82 valence electrons. The maximum atomic E-state index is 8.97. The van der Waals surface area contributed by atoms with Gasteiger partial charge in [-0.25, -0.2) is 0 Å². The van der Waals surface area contributed by atoms with E-state index in [2.05, 4.69) is 14.9 Å². The molecular weight excluding hydrogens is 190 g/mol. The Balaban J connectivity index is 2.15. The monoisotopic (exact) mass is 207 g/mol. The number of aliphatic hydroxyl groups is 1. The van der Waals surface area contributed by atoms with Crippen molar-refractivity contribution in [2.24, 2.45) is 0 Å². The zero-order valence-electron chi connectivity index (χ0n) is 9.06. The van der Waals surface area contributed by atoms with Gasteiger partial charge in [0.1, 0.15) is 0 Å². The third kappa shape index (κ3) is 2.33. The lowest BCUT2D eigenvalue weighted by molar-refractivity contribution is 0.183. The number of aliphatic hydroxyl groups excluding tert-OH is 1.